The lowest BCUT2D eigenvalue weighted by Gasteiger charge is -2.22. The second-order valence-electron chi connectivity index (χ2n) is 6.33. The third-order valence-corrected chi connectivity index (χ3v) is 4.16. The van der Waals surface area contributed by atoms with Crippen LogP contribution in [0.1, 0.15) is 25.1 Å². The molecule has 5 heteroatoms. The first-order valence-electron chi connectivity index (χ1n) is 9.29. The van der Waals surface area contributed by atoms with Gasteiger partial charge in [-0.25, -0.2) is 4.98 Å². The number of benzene rings is 2. The molecule has 0 radical (unpaired) electrons. The molecular formula is C22H26N4O. The van der Waals surface area contributed by atoms with Gasteiger partial charge in [0.2, 0.25) is 5.95 Å². The van der Waals surface area contributed by atoms with Crippen molar-refractivity contribution in [1.82, 2.24) is 9.97 Å². The van der Waals surface area contributed by atoms with Crippen LogP contribution in [-0.2, 0) is 0 Å². The molecule has 140 valence electrons. The summed E-state index contributed by atoms with van der Waals surface area (Å²) in [6.45, 7) is 9.54. The molecule has 5 nitrogen and oxygen atoms in total. The van der Waals surface area contributed by atoms with Gasteiger partial charge in [0.05, 0.1) is 12.3 Å². The molecule has 0 aliphatic carbocycles. The Morgan fingerprint density at radius 2 is 1.78 bits per heavy atom. The molecule has 0 unspecified atom stereocenters. The topological polar surface area (TPSA) is 50.3 Å². The predicted molar refractivity (Wildman–Crippen MR) is 112 cm³/mol. The van der Waals surface area contributed by atoms with E-state index in [1.165, 1.54) is 5.56 Å². The van der Waals surface area contributed by atoms with Gasteiger partial charge in [-0.05, 0) is 57.5 Å². The van der Waals surface area contributed by atoms with Gasteiger partial charge in [-0.1, -0.05) is 24.3 Å². The molecule has 0 aliphatic heterocycles. The fraction of sp³-hybridized carbons (Fsp3) is 0.273. The van der Waals surface area contributed by atoms with E-state index in [4.69, 9.17) is 9.72 Å². The molecule has 3 rings (SSSR count). The van der Waals surface area contributed by atoms with E-state index in [9.17, 15) is 0 Å². The second kappa shape index (κ2) is 8.54. The highest BCUT2D eigenvalue weighted by Crippen LogP contribution is 2.29. The molecule has 0 saturated heterocycles. The van der Waals surface area contributed by atoms with E-state index < -0.39 is 0 Å². The summed E-state index contributed by atoms with van der Waals surface area (Å²) in [5, 5.41) is 3.38. The summed E-state index contributed by atoms with van der Waals surface area (Å²) in [5.74, 6) is 2.24. The first kappa shape index (κ1) is 18.7. The highest BCUT2D eigenvalue weighted by atomic mass is 16.5. The number of anilines is 4. The maximum absolute atomic E-state index is 5.70. The first-order chi connectivity index (χ1) is 13.1. The van der Waals surface area contributed by atoms with Crippen LogP contribution in [0.25, 0.3) is 0 Å². The van der Waals surface area contributed by atoms with Crippen molar-refractivity contribution in [3.8, 4) is 5.75 Å². The minimum Gasteiger partial charge on any atom is -0.492 e. The van der Waals surface area contributed by atoms with Gasteiger partial charge in [-0.15, -0.1) is 0 Å². The second-order valence-corrected chi connectivity index (χ2v) is 6.33. The van der Waals surface area contributed by atoms with Crippen LogP contribution in [0.3, 0.4) is 0 Å². The van der Waals surface area contributed by atoms with Crippen LogP contribution in [0.5, 0.6) is 5.75 Å². The number of aromatic nitrogens is 2. The van der Waals surface area contributed by atoms with Crippen molar-refractivity contribution >= 4 is 23.1 Å². The van der Waals surface area contributed by atoms with Crippen LogP contribution in [0.4, 0.5) is 23.1 Å². The zero-order valence-corrected chi connectivity index (χ0v) is 16.4. The van der Waals surface area contributed by atoms with E-state index in [2.05, 4.69) is 53.3 Å². The largest absolute Gasteiger partial charge is 0.492 e. The molecule has 0 fully saturated rings. The summed E-state index contributed by atoms with van der Waals surface area (Å²) in [7, 11) is 0. The minimum absolute atomic E-state index is 0.615. The van der Waals surface area contributed by atoms with Gasteiger partial charge in [-0.2, -0.15) is 4.98 Å². The molecule has 0 bridgehead atoms. The summed E-state index contributed by atoms with van der Waals surface area (Å²) in [6.07, 6.45) is 0. The summed E-state index contributed by atoms with van der Waals surface area (Å²) < 4.78 is 5.70. The average Bonchev–Trinajstić information content (AvgIpc) is 2.64. The smallest absolute Gasteiger partial charge is 0.232 e. The van der Waals surface area contributed by atoms with Crippen molar-refractivity contribution in [2.45, 2.75) is 27.7 Å². The van der Waals surface area contributed by atoms with E-state index in [-0.39, 0.29) is 0 Å². The van der Waals surface area contributed by atoms with Gasteiger partial charge in [-0.3, -0.25) is 0 Å². The molecule has 27 heavy (non-hydrogen) atoms. The highest BCUT2D eigenvalue weighted by Gasteiger charge is 2.13. The van der Waals surface area contributed by atoms with Crippen LogP contribution in [0, 0.1) is 13.8 Å². The lowest BCUT2D eigenvalue weighted by molar-refractivity contribution is 0.342. The molecule has 1 heterocycles. The zero-order valence-electron chi connectivity index (χ0n) is 16.4. The molecule has 0 saturated carbocycles. The third kappa shape index (κ3) is 4.56. The number of hydrogen-bond acceptors (Lipinski definition) is 5. The molecular weight excluding hydrogens is 336 g/mol. The van der Waals surface area contributed by atoms with Crippen molar-refractivity contribution < 1.29 is 4.74 Å². The Kier molecular flexibility index (Phi) is 5.91. The van der Waals surface area contributed by atoms with Crippen LogP contribution in [0.15, 0.2) is 54.6 Å². The zero-order chi connectivity index (χ0) is 19.2. The Morgan fingerprint density at radius 3 is 2.52 bits per heavy atom. The maximum atomic E-state index is 5.70. The van der Waals surface area contributed by atoms with Gasteiger partial charge >= 0.3 is 0 Å². The molecule has 3 aromatic rings. The van der Waals surface area contributed by atoms with Gasteiger partial charge < -0.3 is 15.0 Å². The number of nitrogens with one attached hydrogen (secondary N) is 1. The van der Waals surface area contributed by atoms with Gasteiger partial charge in [0.25, 0.3) is 0 Å². The Balaban J connectivity index is 1.94. The normalized spacial score (nSPS) is 10.5. The van der Waals surface area contributed by atoms with Gasteiger partial charge in [0.15, 0.2) is 0 Å². The van der Waals surface area contributed by atoms with Crippen LogP contribution in [-0.4, -0.2) is 23.1 Å². The quantitative estimate of drug-likeness (QED) is 0.610. The number of aryl methyl sites for hydroxylation is 2. The lowest BCUT2D eigenvalue weighted by Crippen LogP contribution is -2.19. The first-order valence-corrected chi connectivity index (χ1v) is 9.29. The van der Waals surface area contributed by atoms with Crippen molar-refractivity contribution in [2.24, 2.45) is 0 Å². The average molecular weight is 362 g/mol. The van der Waals surface area contributed by atoms with E-state index >= 15 is 0 Å². The fourth-order valence-corrected chi connectivity index (χ4v) is 2.96. The number of ether oxygens (including phenoxy) is 1. The van der Waals surface area contributed by atoms with Gasteiger partial charge in [0, 0.05) is 24.0 Å². The van der Waals surface area contributed by atoms with Crippen molar-refractivity contribution in [2.75, 3.05) is 23.4 Å². The SMILES string of the molecule is CCOc1ccccc1Nc1cc(C)nc(N(CC)c2cccc(C)c2)n1. The Morgan fingerprint density at radius 1 is 0.963 bits per heavy atom. The van der Waals surface area contributed by atoms with Gasteiger partial charge in [0.1, 0.15) is 11.6 Å². The van der Waals surface area contributed by atoms with Crippen molar-refractivity contribution in [1.29, 1.82) is 0 Å². The molecule has 0 aliphatic rings. The number of nitrogens with zero attached hydrogens (tertiary/aromatic N) is 3. The summed E-state index contributed by atoms with van der Waals surface area (Å²) in [4.78, 5) is 11.5. The number of para-hydroxylation sites is 2. The van der Waals surface area contributed by atoms with Crippen molar-refractivity contribution in [3.63, 3.8) is 0 Å². The molecule has 0 amide bonds. The molecule has 0 atom stereocenters. The number of hydrogen-bond donors (Lipinski definition) is 1. The fourth-order valence-electron chi connectivity index (χ4n) is 2.96. The van der Waals surface area contributed by atoms with Crippen LogP contribution in [0.2, 0.25) is 0 Å². The Hall–Kier alpha value is -3.08. The monoisotopic (exact) mass is 362 g/mol. The summed E-state index contributed by atoms with van der Waals surface area (Å²) in [6, 6.07) is 18.2. The molecule has 1 aromatic heterocycles. The number of rotatable bonds is 7. The minimum atomic E-state index is 0.615. The lowest BCUT2D eigenvalue weighted by atomic mass is 10.2. The van der Waals surface area contributed by atoms with Crippen LogP contribution < -0.4 is 15.0 Å². The van der Waals surface area contributed by atoms with E-state index in [1.54, 1.807) is 0 Å². The van der Waals surface area contributed by atoms with E-state index in [1.807, 2.05) is 44.2 Å². The third-order valence-electron chi connectivity index (χ3n) is 4.16. The van der Waals surface area contributed by atoms with Crippen molar-refractivity contribution in [3.05, 3.63) is 65.9 Å². The van der Waals surface area contributed by atoms with Crippen LogP contribution >= 0.6 is 0 Å². The summed E-state index contributed by atoms with van der Waals surface area (Å²) >= 11 is 0. The molecule has 2 aromatic carbocycles. The maximum Gasteiger partial charge on any atom is 0.232 e. The Bertz CT molecular complexity index is 910. The Labute approximate surface area is 161 Å². The highest BCUT2D eigenvalue weighted by molar-refractivity contribution is 5.66. The molecule has 0 spiro atoms. The standard InChI is InChI=1S/C22H26N4O/c1-5-26(18-11-9-10-16(3)14-18)22-23-17(4)15-21(25-22)24-19-12-7-8-13-20(19)27-6-2/h7-15H,5-6H2,1-4H3,(H,23,24,25). The molecule has 1 N–H and O–H groups in total. The predicted octanol–water partition coefficient (Wildman–Crippen LogP) is 5.39. The summed E-state index contributed by atoms with van der Waals surface area (Å²) in [5.41, 5.74) is 4.09. The van der Waals surface area contributed by atoms with E-state index in [0.29, 0.717) is 12.6 Å². The van der Waals surface area contributed by atoms with E-state index in [0.717, 1.165) is 35.2 Å².